The molecule has 8 aromatic carbocycles. The normalized spacial score (nSPS) is 11.9. The van der Waals surface area contributed by atoms with Crippen LogP contribution in [0.4, 0.5) is 0 Å². The van der Waals surface area contributed by atoms with E-state index in [0.29, 0.717) is 17.2 Å². The predicted octanol–water partition coefficient (Wildman–Crippen LogP) is 13.3. The molecule has 0 spiro atoms. The molecule has 0 heterocycles. The summed E-state index contributed by atoms with van der Waals surface area (Å²) in [5, 5.41) is 0. The van der Waals surface area contributed by atoms with Gasteiger partial charge in [-0.2, -0.15) is 0 Å². The van der Waals surface area contributed by atoms with Crippen molar-refractivity contribution in [2.24, 2.45) is 0 Å². The Labute approximate surface area is 364 Å². The third-order valence-corrected chi connectivity index (χ3v) is 14.6. The van der Waals surface area contributed by atoms with Crippen molar-refractivity contribution in [1.82, 2.24) is 0 Å². The van der Waals surface area contributed by atoms with Gasteiger partial charge in [-0.3, -0.25) is 0 Å². The zero-order valence-corrected chi connectivity index (χ0v) is 36.6. The van der Waals surface area contributed by atoms with E-state index in [1.165, 1.54) is 0 Å². The Hall–Kier alpha value is -6.74. The zero-order chi connectivity index (χ0) is 43.5. The van der Waals surface area contributed by atoms with E-state index in [9.17, 15) is 16.8 Å². The minimum Gasteiger partial charge on any atom is -0.483 e. The van der Waals surface area contributed by atoms with E-state index >= 15 is 0 Å². The summed E-state index contributed by atoms with van der Waals surface area (Å²) in [6, 6.07) is 59.6. The second-order valence-corrected chi connectivity index (χ2v) is 19.6. The largest absolute Gasteiger partial charge is 0.483 e. The third kappa shape index (κ3) is 8.84. The Morgan fingerprint density at radius 2 is 0.871 bits per heavy atom. The molecule has 8 aromatic rings. The van der Waals surface area contributed by atoms with E-state index in [1.807, 2.05) is 125 Å². The summed E-state index contributed by atoms with van der Waals surface area (Å²) in [6.45, 7) is 7.91. The molecule has 0 aromatic heterocycles. The Morgan fingerprint density at radius 1 is 0.452 bits per heavy atom. The van der Waals surface area contributed by atoms with Gasteiger partial charge in [-0.05, 0) is 146 Å². The minimum atomic E-state index is -3.69. The van der Waals surface area contributed by atoms with Gasteiger partial charge < -0.3 is 9.47 Å². The summed E-state index contributed by atoms with van der Waals surface area (Å²) >= 11 is 0. The van der Waals surface area contributed by atoms with E-state index in [2.05, 4.69) is 24.3 Å². The first-order valence-corrected chi connectivity index (χ1v) is 23.4. The molecule has 0 saturated heterocycles. The summed E-state index contributed by atoms with van der Waals surface area (Å²) in [7, 11) is -7.37. The molecule has 0 aliphatic carbocycles. The van der Waals surface area contributed by atoms with Gasteiger partial charge >= 0.3 is 0 Å². The van der Waals surface area contributed by atoms with Gasteiger partial charge in [-0.25, -0.2) is 16.8 Å². The number of benzene rings is 8. The molecule has 0 N–H and O–H groups in total. The number of sulfone groups is 2. The molecule has 6 nitrogen and oxygen atoms in total. The van der Waals surface area contributed by atoms with E-state index in [0.717, 1.165) is 56.5 Å². The van der Waals surface area contributed by atoms with Crippen LogP contribution in [0, 0.1) is 6.92 Å². The summed E-state index contributed by atoms with van der Waals surface area (Å²) in [5.74, 6) is 1.80. The molecule has 0 fully saturated rings. The lowest BCUT2D eigenvalue weighted by atomic mass is 9.94. The van der Waals surface area contributed by atoms with Crippen molar-refractivity contribution in [1.29, 1.82) is 0 Å². The van der Waals surface area contributed by atoms with Crippen LogP contribution in [0.2, 0.25) is 0 Å². The van der Waals surface area contributed by atoms with Crippen molar-refractivity contribution < 1.29 is 26.3 Å². The second-order valence-electron chi connectivity index (χ2n) is 15.7. The average molecular weight is 855 g/mol. The smallest absolute Gasteiger partial charge is 0.206 e. The van der Waals surface area contributed by atoms with Crippen LogP contribution in [-0.4, -0.2) is 16.8 Å². The fourth-order valence-corrected chi connectivity index (χ4v) is 9.88. The lowest BCUT2D eigenvalue weighted by Gasteiger charge is -2.29. The highest BCUT2D eigenvalue weighted by Gasteiger charge is 2.26. The Kier molecular flexibility index (Phi) is 11.7. The topological polar surface area (TPSA) is 86.7 Å². The molecule has 0 saturated carbocycles. The molecule has 0 radical (unpaired) electrons. The number of ether oxygens (including phenoxy) is 2. The molecule has 0 aliphatic rings. The van der Waals surface area contributed by atoms with Gasteiger partial charge in [-0.15, -0.1) is 0 Å². The van der Waals surface area contributed by atoms with Crippen LogP contribution in [0.3, 0.4) is 0 Å². The van der Waals surface area contributed by atoms with Crippen LogP contribution >= 0.6 is 0 Å². The molecule has 0 bridgehead atoms. The van der Waals surface area contributed by atoms with Crippen LogP contribution < -0.4 is 9.47 Å². The molecule has 0 amide bonds. The summed E-state index contributed by atoms with van der Waals surface area (Å²) < 4.78 is 66.9. The van der Waals surface area contributed by atoms with Crippen LogP contribution in [0.5, 0.6) is 17.2 Å². The average Bonchev–Trinajstić information content (AvgIpc) is 3.30. The minimum absolute atomic E-state index is 0.194. The van der Waals surface area contributed by atoms with Crippen molar-refractivity contribution in [2.75, 3.05) is 0 Å². The predicted molar refractivity (Wildman–Crippen MR) is 247 cm³/mol. The first kappa shape index (κ1) is 42.0. The Bertz CT molecular complexity index is 3050. The molecular formula is C54H46O6S2. The van der Waals surface area contributed by atoms with E-state index in [-0.39, 0.29) is 19.6 Å². The Morgan fingerprint density at radius 3 is 1.35 bits per heavy atom. The fraction of sp³-hybridized carbons (Fsp3) is 0.111. The Balaban J connectivity index is 1.09. The molecule has 8 rings (SSSR count). The number of aryl methyl sites for hydroxylation is 2. The van der Waals surface area contributed by atoms with E-state index in [1.54, 1.807) is 72.8 Å². The van der Waals surface area contributed by atoms with Gasteiger partial charge in [0.25, 0.3) is 0 Å². The fourth-order valence-electron chi connectivity index (χ4n) is 7.36. The van der Waals surface area contributed by atoms with E-state index in [4.69, 9.17) is 9.47 Å². The van der Waals surface area contributed by atoms with E-state index < -0.39 is 25.3 Å². The van der Waals surface area contributed by atoms with Crippen LogP contribution in [0.15, 0.2) is 214 Å². The summed E-state index contributed by atoms with van der Waals surface area (Å²) in [6.07, 6.45) is 0.832. The standard InChI is InChI=1S/C54H46O6S2/c1-5-39-18-28-47(29-19-39)62(57,58)49-32-24-45(25-33-49)59-52-34-20-42(36-50(52)40-12-8-6-9-13-40)43-21-35-53(51(37-43)41-14-10-7-11-15-41)60-54(3,4)44-22-30-48(31-23-44)61(55,56)46-26-16-38(2)17-27-46/h6-37H,5H2,1-4H3. The molecular weight excluding hydrogens is 809 g/mol. The number of hydrogen-bond acceptors (Lipinski definition) is 6. The van der Waals surface area contributed by atoms with Gasteiger partial charge in [0, 0.05) is 11.1 Å². The van der Waals surface area contributed by atoms with Gasteiger partial charge in [0.2, 0.25) is 19.7 Å². The SMILES string of the molecule is CCc1ccc(S(=O)(=O)c2ccc(Oc3ccc(-c4ccc(OC(C)(C)c5ccc(S(=O)(=O)c6ccc(C)cc6)cc5)c(-c5ccccc5)c4)cc3-c3ccccc3)cc2)cc1. The van der Waals surface area contributed by atoms with Gasteiger partial charge in [0.1, 0.15) is 22.8 Å². The number of hydrogen-bond donors (Lipinski definition) is 0. The molecule has 310 valence electrons. The van der Waals surface area contributed by atoms with Gasteiger partial charge in [0.05, 0.1) is 19.6 Å². The molecule has 62 heavy (non-hydrogen) atoms. The highest BCUT2D eigenvalue weighted by atomic mass is 32.2. The highest BCUT2D eigenvalue weighted by Crippen LogP contribution is 2.42. The lowest BCUT2D eigenvalue weighted by molar-refractivity contribution is 0.109. The van der Waals surface area contributed by atoms with Crippen molar-refractivity contribution in [3.05, 3.63) is 211 Å². The maximum Gasteiger partial charge on any atom is 0.206 e. The second kappa shape index (κ2) is 17.3. The van der Waals surface area contributed by atoms with Crippen LogP contribution in [0.25, 0.3) is 33.4 Å². The molecule has 0 aliphatic heterocycles. The highest BCUT2D eigenvalue weighted by molar-refractivity contribution is 7.91. The maximum atomic E-state index is 13.4. The van der Waals surface area contributed by atoms with Gasteiger partial charge in [0.15, 0.2) is 0 Å². The van der Waals surface area contributed by atoms with Gasteiger partial charge in [-0.1, -0.05) is 122 Å². The monoisotopic (exact) mass is 854 g/mol. The summed E-state index contributed by atoms with van der Waals surface area (Å²) in [5.41, 5.74) is 7.69. The van der Waals surface area contributed by atoms with Crippen molar-refractivity contribution >= 4 is 19.7 Å². The van der Waals surface area contributed by atoms with Crippen molar-refractivity contribution in [2.45, 2.75) is 59.3 Å². The third-order valence-electron chi connectivity index (χ3n) is 11.0. The molecule has 0 unspecified atom stereocenters. The quantitative estimate of drug-likeness (QED) is 0.115. The zero-order valence-electron chi connectivity index (χ0n) is 34.9. The number of rotatable bonds is 13. The maximum absolute atomic E-state index is 13.4. The lowest BCUT2D eigenvalue weighted by Crippen LogP contribution is -2.25. The first-order chi connectivity index (χ1) is 29.8. The molecule has 8 heteroatoms. The molecule has 0 atom stereocenters. The van der Waals surface area contributed by atoms with Crippen LogP contribution in [0.1, 0.15) is 37.5 Å². The van der Waals surface area contributed by atoms with Crippen molar-refractivity contribution in [3.8, 4) is 50.6 Å². The van der Waals surface area contributed by atoms with Crippen molar-refractivity contribution in [3.63, 3.8) is 0 Å². The van der Waals surface area contributed by atoms with Crippen LogP contribution in [-0.2, 0) is 31.7 Å². The summed E-state index contributed by atoms with van der Waals surface area (Å²) in [4.78, 5) is 0.925. The first-order valence-electron chi connectivity index (χ1n) is 20.4.